The van der Waals surface area contributed by atoms with Gasteiger partial charge in [-0.3, -0.25) is 0 Å². The molecule has 1 fully saturated rings. The number of aromatic nitrogens is 1. The van der Waals surface area contributed by atoms with Gasteiger partial charge in [-0.2, -0.15) is 0 Å². The van der Waals surface area contributed by atoms with Crippen molar-refractivity contribution >= 4 is 35.8 Å². The fourth-order valence-electron chi connectivity index (χ4n) is 2.34. The van der Waals surface area contributed by atoms with Gasteiger partial charge in [0.15, 0.2) is 5.96 Å². The minimum absolute atomic E-state index is 0. The number of halogens is 1. The minimum Gasteiger partial charge on any atom is -0.370 e. The van der Waals surface area contributed by atoms with Crippen LogP contribution in [-0.2, 0) is 6.54 Å². The third kappa shape index (κ3) is 5.60. The number of anilines is 1. The highest BCUT2D eigenvalue weighted by Crippen LogP contribution is 2.19. The number of nitrogens with two attached hydrogens (primary N) is 1. The van der Waals surface area contributed by atoms with Gasteiger partial charge in [0.1, 0.15) is 5.82 Å². The van der Waals surface area contributed by atoms with Crippen LogP contribution in [0, 0.1) is 0 Å². The first-order valence-corrected chi connectivity index (χ1v) is 7.62. The molecule has 1 aromatic rings. The number of piperazine rings is 1. The maximum absolute atomic E-state index is 5.85. The van der Waals surface area contributed by atoms with Crippen LogP contribution in [0.15, 0.2) is 23.3 Å². The second-order valence-corrected chi connectivity index (χ2v) is 5.40. The second kappa shape index (κ2) is 9.83. The first kappa shape index (κ1) is 19.0. The number of nitrogens with zero attached hydrogens (tertiary/aromatic N) is 4. The average Bonchev–Trinajstić information content (AvgIpc) is 2.52. The fraction of sp³-hybridized carbons (Fsp3) is 0.600. The van der Waals surface area contributed by atoms with Crippen molar-refractivity contribution < 1.29 is 0 Å². The van der Waals surface area contributed by atoms with E-state index in [9.17, 15) is 0 Å². The maximum Gasteiger partial charge on any atom is 0.188 e. The summed E-state index contributed by atoms with van der Waals surface area (Å²) in [5.74, 6) is 1.54. The molecule has 0 unspecified atom stereocenters. The summed E-state index contributed by atoms with van der Waals surface area (Å²) >= 11 is 0. The third-order valence-electron chi connectivity index (χ3n) is 3.65. The van der Waals surface area contributed by atoms with Gasteiger partial charge >= 0.3 is 0 Å². The third-order valence-corrected chi connectivity index (χ3v) is 3.65. The quantitative estimate of drug-likeness (QED) is 0.428. The highest BCUT2D eigenvalue weighted by molar-refractivity contribution is 14.0. The Hall–Kier alpha value is -1.09. The molecule has 22 heavy (non-hydrogen) atoms. The lowest BCUT2D eigenvalue weighted by Gasteiger charge is -2.34. The topological polar surface area (TPSA) is 69.8 Å². The first-order chi connectivity index (χ1) is 10.2. The zero-order chi connectivity index (χ0) is 15.1. The highest BCUT2D eigenvalue weighted by Gasteiger charge is 2.17. The van der Waals surface area contributed by atoms with Gasteiger partial charge in [0.25, 0.3) is 0 Å². The highest BCUT2D eigenvalue weighted by atomic mass is 127. The van der Waals surface area contributed by atoms with E-state index >= 15 is 0 Å². The SMILES string of the molecule is CCCNC(N)=NCc1cccnc1N1CCN(C)CC1.I. The minimum atomic E-state index is 0. The number of likely N-dealkylation sites (N-methyl/N-ethyl adjacent to an activating group) is 1. The Morgan fingerprint density at radius 3 is 2.77 bits per heavy atom. The summed E-state index contributed by atoms with van der Waals surface area (Å²) in [4.78, 5) is 13.6. The van der Waals surface area contributed by atoms with Crippen molar-refractivity contribution in [3.63, 3.8) is 0 Å². The second-order valence-electron chi connectivity index (χ2n) is 5.40. The summed E-state index contributed by atoms with van der Waals surface area (Å²) in [7, 11) is 2.15. The van der Waals surface area contributed by atoms with Gasteiger partial charge < -0.3 is 20.9 Å². The Morgan fingerprint density at radius 1 is 1.36 bits per heavy atom. The molecule has 0 radical (unpaired) electrons. The molecule has 3 N–H and O–H groups in total. The van der Waals surface area contributed by atoms with Crippen LogP contribution < -0.4 is 16.0 Å². The molecule has 0 aliphatic carbocycles. The van der Waals surface area contributed by atoms with Gasteiger partial charge in [-0.1, -0.05) is 13.0 Å². The zero-order valence-electron chi connectivity index (χ0n) is 13.5. The number of rotatable bonds is 5. The van der Waals surface area contributed by atoms with Crippen LogP contribution in [0.5, 0.6) is 0 Å². The van der Waals surface area contributed by atoms with Crippen LogP contribution in [0.1, 0.15) is 18.9 Å². The lowest BCUT2D eigenvalue weighted by atomic mass is 10.2. The van der Waals surface area contributed by atoms with Crippen molar-refractivity contribution in [2.24, 2.45) is 10.7 Å². The molecular formula is C15H27IN6. The molecule has 0 atom stereocenters. The van der Waals surface area contributed by atoms with E-state index in [1.807, 2.05) is 12.3 Å². The molecule has 2 heterocycles. The lowest BCUT2D eigenvalue weighted by Crippen LogP contribution is -2.45. The largest absolute Gasteiger partial charge is 0.370 e. The Kier molecular flexibility index (Phi) is 8.47. The van der Waals surface area contributed by atoms with Crippen molar-refractivity contribution in [2.75, 3.05) is 44.7 Å². The van der Waals surface area contributed by atoms with Crippen LogP contribution in [0.3, 0.4) is 0 Å². The van der Waals surface area contributed by atoms with Crippen LogP contribution in [0.25, 0.3) is 0 Å². The van der Waals surface area contributed by atoms with E-state index in [1.54, 1.807) is 0 Å². The summed E-state index contributed by atoms with van der Waals surface area (Å²) < 4.78 is 0. The molecule has 1 aromatic heterocycles. The van der Waals surface area contributed by atoms with E-state index in [0.29, 0.717) is 12.5 Å². The summed E-state index contributed by atoms with van der Waals surface area (Å²) in [6, 6.07) is 4.04. The van der Waals surface area contributed by atoms with Gasteiger partial charge in [0, 0.05) is 44.5 Å². The predicted molar refractivity (Wildman–Crippen MR) is 103 cm³/mol. The number of aliphatic imine (C=N–C) groups is 1. The van der Waals surface area contributed by atoms with Gasteiger partial charge in [0.2, 0.25) is 0 Å². The summed E-state index contributed by atoms with van der Waals surface area (Å²) in [6.45, 7) is 7.68. The molecule has 6 nitrogen and oxygen atoms in total. The molecule has 0 aromatic carbocycles. The van der Waals surface area contributed by atoms with Crippen LogP contribution in [-0.4, -0.2) is 55.6 Å². The molecule has 0 bridgehead atoms. The molecule has 0 amide bonds. The molecule has 2 rings (SSSR count). The summed E-state index contributed by atoms with van der Waals surface area (Å²) in [5, 5.41) is 3.09. The van der Waals surface area contributed by atoms with E-state index in [4.69, 9.17) is 5.73 Å². The van der Waals surface area contributed by atoms with E-state index in [1.165, 1.54) is 0 Å². The smallest absolute Gasteiger partial charge is 0.188 e. The molecule has 124 valence electrons. The standard InChI is InChI=1S/C15H26N6.HI/c1-3-6-18-15(16)19-12-13-5-4-7-17-14(13)21-10-8-20(2)9-11-21;/h4-5,7H,3,6,8-12H2,1-2H3,(H3,16,18,19);1H. The van der Waals surface area contributed by atoms with Crippen molar-refractivity contribution in [1.82, 2.24) is 15.2 Å². The molecule has 1 saturated heterocycles. The lowest BCUT2D eigenvalue weighted by molar-refractivity contribution is 0.312. The van der Waals surface area contributed by atoms with Crippen molar-refractivity contribution in [3.8, 4) is 0 Å². The summed E-state index contributed by atoms with van der Waals surface area (Å²) in [6.07, 6.45) is 2.88. The zero-order valence-corrected chi connectivity index (χ0v) is 15.8. The Labute approximate surface area is 150 Å². The number of nitrogens with one attached hydrogen (secondary N) is 1. The molecule has 0 spiro atoms. The number of hydrogen-bond donors (Lipinski definition) is 2. The van der Waals surface area contributed by atoms with E-state index in [-0.39, 0.29) is 24.0 Å². The molecule has 1 aliphatic rings. The molecule has 0 saturated carbocycles. The summed E-state index contributed by atoms with van der Waals surface area (Å²) in [5.41, 5.74) is 6.98. The van der Waals surface area contributed by atoms with Crippen LogP contribution >= 0.6 is 24.0 Å². The Bertz CT molecular complexity index is 471. The normalized spacial score (nSPS) is 16.3. The fourth-order valence-corrected chi connectivity index (χ4v) is 2.34. The average molecular weight is 418 g/mol. The van der Waals surface area contributed by atoms with Crippen LogP contribution in [0.2, 0.25) is 0 Å². The molecule has 7 heteroatoms. The monoisotopic (exact) mass is 418 g/mol. The van der Waals surface area contributed by atoms with Gasteiger partial charge in [-0.25, -0.2) is 9.98 Å². The number of guanidine groups is 1. The Balaban J connectivity index is 0.00000242. The first-order valence-electron chi connectivity index (χ1n) is 7.62. The molecular weight excluding hydrogens is 391 g/mol. The van der Waals surface area contributed by atoms with Gasteiger partial charge in [0.05, 0.1) is 6.54 Å². The molecule has 1 aliphatic heterocycles. The van der Waals surface area contributed by atoms with Crippen molar-refractivity contribution in [1.29, 1.82) is 0 Å². The Morgan fingerprint density at radius 2 is 2.09 bits per heavy atom. The van der Waals surface area contributed by atoms with E-state index in [2.05, 4.69) is 45.1 Å². The number of hydrogen-bond acceptors (Lipinski definition) is 4. The van der Waals surface area contributed by atoms with Crippen LogP contribution in [0.4, 0.5) is 5.82 Å². The number of pyridine rings is 1. The van der Waals surface area contributed by atoms with E-state index < -0.39 is 0 Å². The van der Waals surface area contributed by atoms with Crippen molar-refractivity contribution in [2.45, 2.75) is 19.9 Å². The van der Waals surface area contributed by atoms with E-state index in [0.717, 1.165) is 50.5 Å². The van der Waals surface area contributed by atoms with Gasteiger partial charge in [-0.15, -0.1) is 24.0 Å². The van der Waals surface area contributed by atoms with Crippen molar-refractivity contribution in [3.05, 3.63) is 23.9 Å². The predicted octanol–water partition coefficient (Wildman–Crippen LogP) is 1.27. The van der Waals surface area contributed by atoms with Gasteiger partial charge in [-0.05, 0) is 19.5 Å². The maximum atomic E-state index is 5.85.